The molecule has 1 aliphatic rings. The summed E-state index contributed by atoms with van der Waals surface area (Å²) in [7, 11) is 0. The molecule has 5 heterocycles. The summed E-state index contributed by atoms with van der Waals surface area (Å²) in [6.07, 6.45) is 0. The molecule has 0 saturated heterocycles. The van der Waals surface area contributed by atoms with E-state index in [2.05, 4.69) is 170 Å². The molecule has 87 heavy (non-hydrogen) atoms. The highest BCUT2D eigenvalue weighted by molar-refractivity contribution is 7.27. The highest BCUT2D eigenvalue weighted by Crippen LogP contribution is 2.59. The summed E-state index contributed by atoms with van der Waals surface area (Å²) in [5.74, 6) is 0. The number of anilines is 6. The molecule has 0 atom stereocenters. The van der Waals surface area contributed by atoms with Gasteiger partial charge in [-0.3, -0.25) is 0 Å². The molecule has 0 unspecified atom stereocenters. The zero-order valence-electron chi connectivity index (χ0n) is 58.0. The van der Waals surface area contributed by atoms with Gasteiger partial charge in [0.05, 0.1) is 35.1 Å². The Morgan fingerprint density at radius 1 is 0.448 bits per heavy atom. The Morgan fingerprint density at radius 2 is 0.989 bits per heavy atom. The zero-order valence-corrected chi connectivity index (χ0v) is 48.9. The monoisotopic (exact) mass is 1150 g/mol. The molecule has 0 saturated carbocycles. The molecule has 17 aromatic rings. The summed E-state index contributed by atoms with van der Waals surface area (Å²) >= 11 is 1.82. The molecule has 0 bridgehead atoms. The molecule has 5 aromatic heterocycles. The van der Waals surface area contributed by atoms with Crippen molar-refractivity contribution in [1.29, 1.82) is 0 Å². The summed E-state index contributed by atoms with van der Waals surface area (Å²) < 4.78 is 104. The Labute approximate surface area is 521 Å². The Kier molecular flexibility index (Phi) is 8.58. The maximum absolute atomic E-state index is 8.88. The van der Waals surface area contributed by atoms with Crippen molar-refractivity contribution in [2.45, 2.75) is 45.4 Å². The standard InChI is InChI=1S/C81H57N3O2S/c1-80(2,3)51-31-33-53(34-32-51)83(55-38-42-70-66(45-55)62-30-18-28-60(78(62)86-70)49-21-11-7-12-22-49)56-35-39-63-68(46-56)81(4,5)73-67-43-50-23-15-16-26-58(50)72-74(67)84(75(63)73)76-64-40-36-57(47-71(64)87-79(72)76)82(52-24-13-8-14-25-52)54-37-41-69-65(44-54)61-29-17-27-59(77(61)85-69)48-19-9-6-10-20-48/h6-47H,1-5H3/i6D,7D,9D,10D,11D,12D,19D,20D,21D,22D. The Hall–Kier alpha value is -10.4. The summed E-state index contributed by atoms with van der Waals surface area (Å²) in [6, 6.07) is 63.8. The fourth-order valence-electron chi connectivity index (χ4n) is 14.2. The third-order valence-corrected chi connectivity index (χ3v) is 19.3. The van der Waals surface area contributed by atoms with E-state index in [1.807, 2.05) is 72.0 Å². The van der Waals surface area contributed by atoms with Crippen molar-refractivity contribution in [3.05, 3.63) is 271 Å². The number of hydrogen-bond donors (Lipinski definition) is 0. The van der Waals surface area contributed by atoms with Crippen molar-refractivity contribution in [3.63, 3.8) is 0 Å². The van der Waals surface area contributed by atoms with Crippen LogP contribution in [0.15, 0.2) is 263 Å². The molecule has 0 N–H and O–H groups in total. The maximum Gasteiger partial charge on any atom is 0.143 e. The Balaban J connectivity index is 0.802. The molecular formula is C81H57N3O2S. The first kappa shape index (κ1) is 40.8. The van der Waals surface area contributed by atoms with Gasteiger partial charge >= 0.3 is 0 Å². The molecule has 0 spiro atoms. The summed E-state index contributed by atoms with van der Waals surface area (Å²) in [4.78, 5) is 4.56. The second-order valence-electron chi connectivity index (χ2n) is 24.5. The number of benzene rings is 12. The first-order valence-electron chi connectivity index (χ1n) is 34.3. The van der Waals surface area contributed by atoms with E-state index in [9.17, 15) is 0 Å². The van der Waals surface area contributed by atoms with Crippen molar-refractivity contribution in [2.75, 3.05) is 9.80 Å². The van der Waals surface area contributed by atoms with Crippen molar-refractivity contribution >= 4 is 137 Å². The minimum absolute atomic E-state index is 0.0812. The van der Waals surface area contributed by atoms with E-state index in [1.54, 1.807) is 12.1 Å². The van der Waals surface area contributed by atoms with Gasteiger partial charge in [-0.15, -0.1) is 11.3 Å². The fraction of sp³-hybridized carbons (Fsp3) is 0.0864. The molecule has 5 nitrogen and oxygen atoms in total. The van der Waals surface area contributed by atoms with Crippen LogP contribution >= 0.6 is 11.3 Å². The number of fused-ring (bicyclic) bond motifs is 18. The third-order valence-electron chi connectivity index (χ3n) is 18.2. The first-order valence-corrected chi connectivity index (χ1v) is 30.1. The van der Waals surface area contributed by atoms with Crippen molar-refractivity contribution in [3.8, 4) is 33.5 Å². The number of aromatic nitrogens is 1. The van der Waals surface area contributed by atoms with Gasteiger partial charge in [-0.25, -0.2) is 0 Å². The van der Waals surface area contributed by atoms with E-state index in [0.29, 0.717) is 33.5 Å². The summed E-state index contributed by atoms with van der Waals surface area (Å²) in [5, 5.41) is 9.16. The molecule has 6 heteroatoms. The van der Waals surface area contributed by atoms with Crippen LogP contribution in [0, 0.1) is 0 Å². The first-order chi connectivity index (χ1) is 46.7. The predicted molar refractivity (Wildman–Crippen MR) is 368 cm³/mol. The molecule has 0 aliphatic heterocycles. The molecule has 0 radical (unpaired) electrons. The second-order valence-corrected chi connectivity index (χ2v) is 25.5. The minimum atomic E-state index is -0.467. The number of furan rings is 2. The summed E-state index contributed by atoms with van der Waals surface area (Å²) in [5.41, 5.74) is 16.7. The molecule has 12 aromatic carbocycles. The smallest absolute Gasteiger partial charge is 0.143 e. The predicted octanol–water partition coefficient (Wildman–Crippen LogP) is 23.7. The fourth-order valence-corrected chi connectivity index (χ4v) is 15.5. The van der Waals surface area contributed by atoms with Gasteiger partial charge < -0.3 is 23.0 Å². The SMILES string of the molecule is [2H]c1c([2H])c([2H])c(-c2cccc3c2oc2ccc(N(c4ccc(C(C)(C)C)cc4)c4ccc5c(c4)C(C)(C)c4c-5n5c6c7ccc(N(c8ccccc8)c8ccc9oc%10c(-c%11c([2H])c([2H])c([2H])c([2H])c%11[2H])cccc%10c9c8)cc7sc6c6c7ccccc7cc4c65)cc23)c([2H])c1[2H]. The highest BCUT2D eigenvalue weighted by atomic mass is 32.1. The van der Waals surface area contributed by atoms with Crippen molar-refractivity contribution < 1.29 is 22.5 Å². The van der Waals surface area contributed by atoms with Crippen LogP contribution in [0.3, 0.4) is 0 Å². The minimum Gasteiger partial charge on any atom is -0.455 e. The Bertz CT molecular complexity index is 6240. The molecular weight excluding hydrogens is 1080 g/mol. The van der Waals surface area contributed by atoms with Gasteiger partial charge in [-0.05, 0) is 141 Å². The molecule has 1 aliphatic carbocycles. The van der Waals surface area contributed by atoms with Crippen LogP contribution in [0.4, 0.5) is 34.1 Å². The topological polar surface area (TPSA) is 37.2 Å². The van der Waals surface area contributed by atoms with Gasteiger partial charge in [-0.1, -0.05) is 192 Å². The van der Waals surface area contributed by atoms with Crippen LogP contribution in [0.2, 0.25) is 0 Å². The average Bonchev–Trinajstić information content (AvgIpc) is 1.49. The van der Waals surface area contributed by atoms with E-state index in [4.69, 9.17) is 22.5 Å². The summed E-state index contributed by atoms with van der Waals surface area (Å²) in [6.45, 7) is 11.4. The van der Waals surface area contributed by atoms with Crippen LogP contribution in [-0.2, 0) is 10.8 Å². The quantitative estimate of drug-likeness (QED) is 0.152. The van der Waals surface area contributed by atoms with E-state index in [0.717, 1.165) is 71.3 Å². The lowest BCUT2D eigenvalue weighted by molar-refractivity contribution is 0.590. The molecule has 0 amide bonds. The van der Waals surface area contributed by atoms with Gasteiger partial charge in [0.15, 0.2) is 0 Å². The molecule has 414 valence electrons. The van der Waals surface area contributed by atoms with Crippen LogP contribution in [0.5, 0.6) is 0 Å². The number of rotatable bonds is 8. The third kappa shape index (κ3) is 7.32. The average molecular weight is 1150 g/mol. The number of thiophene rings is 1. The highest BCUT2D eigenvalue weighted by Gasteiger charge is 2.42. The van der Waals surface area contributed by atoms with E-state index in [1.165, 1.54) is 59.7 Å². The number of para-hydroxylation sites is 3. The largest absolute Gasteiger partial charge is 0.455 e. The zero-order chi connectivity index (χ0) is 66.7. The molecule has 0 fully saturated rings. The van der Waals surface area contributed by atoms with E-state index in [-0.39, 0.29) is 40.7 Å². The van der Waals surface area contributed by atoms with Crippen LogP contribution in [0.1, 0.15) is 65.0 Å². The number of hydrogen-bond acceptors (Lipinski definition) is 5. The van der Waals surface area contributed by atoms with E-state index >= 15 is 0 Å². The van der Waals surface area contributed by atoms with Gasteiger partial charge in [-0.2, -0.15) is 0 Å². The second kappa shape index (κ2) is 18.3. The maximum atomic E-state index is 8.88. The van der Waals surface area contributed by atoms with Crippen LogP contribution < -0.4 is 9.80 Å². The van der Waals surface area contributed by atoms with Gasteiger partial charge in [0.25, 0.3) is 0 Å². The lowest BCUT2D eigenvalue weighted by atomic mass is 9.81. The number of nitrogens with zero attached hydrogens (tertiary/aromatic N) is 3. The van der Waals surface area contributed by atoms with Gasteiger partial charge in [0, 0.05) is 98.6 Å². The van der Waals surface area contributed by atoms with Crippen LogP contribution in [-0.4, -0.2) is 4.40 Å². The lowest BCUT2D eigenvalue weighted by Crippen LogP contribution is -2.17. The molecule has 18 rings (SSSR count). The van der Waals surface area contributed by atoms with Gasteiger partial charge in [0.2, 0.25) is 0 Å². The van der Waals surface area contributed by atoms with Gasteiger partial charge in [0.1, 0.15) is 22.3 Å². The van der Waals surface area contributed by atoms with Crippen molar-refractivity contribution in [1.82, 2.24) is 4.40 Å². The van der Waals surface area contributed by atoms with Crippen molar-refractivity contribution in [2.24, 2.45) is 0 Å². The normalized spacial score (nSPS) is 14.8. The lowest BCUT2D eigenvalue weighted by Gasteiger charge is -2.29. The van der Waals surface area contributed by atoms with Crippen LogP contribution in [0.25, 0.3) is 125 Å². The van der Waals surface area contributed by atoms with E-state index < -0.39 is 41.7 Å². The Morgan fingerprint density at radius 3 is 1.62 bits per heavy atom.